The highest BCUT2D eigenvalue weighted by molar-refractivity contribution is 6.31. The predicted molar refractivity (Wildman–Crippen MR) is 124 cm³/mol. The van der Waals surface area contributed by atoms with Crippen LogP contribution in [0.2, 0.25) is 5.02 Å². The molecule has 1 unspecified atom stereocenters. The molecule has 0 saturated carbocycles. The lowest BCUT2D eigenvalue weighted by Crippen LogP contribution is -2.53. The van der Waals surface area contributed by atoms with Crippen LogP contribution in [0.4, 0.5) is 4.79 Å². The first kappa shape index (κ1) is 20.8. The third kappa shape index (κ3) is 3.96. The van der Waals surface area contributed by atoms with Crippen LogP contribution in [0.1, 0.15) is 49.4 Å². The predicted octanol–water partition coefficient (Wildman–Crippen LogP) is 5.76. The highest BCUT2D eigenvalue weighted by atomic mass is 35.5. The van der Waals surface area contributed by atoms with E-state index in [4.69, 9.17) is 16.3 Å². The van der Waals surface area contributed by atoms with Gasteiger partial charge in [0, 0.05) is 11.6 Å². The monoisotopic (exact) mass is 438 g/mol. The Balaban J connectivity index is 1.33. The minimum absolute atomic E-state index is 0.0279. The van der Waals surface area contributed by atoms with Crippen LogP contribution < -0.4 is 5.32 Å². The molecule has 0 aromatic heterocycles. The summed E-state index contributed by atoms with van der Waals surface area (Å²) in [7, 11) is 0. The molecular weight excluding hydrogens is 408 g/mol. The van der Waals surface area contributed by atoms with E-state index < -0.39 is 0 Å². The first-order chi connectivity index (χ1) is 14.8. The number of hydrogen-bond donors (Lipinski definition) is 1. The van der Waals surface area contributed by atoms with Gasteiger partial charge in [0.15, 0.2) is 0 Å². The Labute approximate surface area is 189 Å². The molecule has 3 heterocycles. The zero-order valence-corrected chi connectivity index (χ0v) is 19.3. The third-order valence-electron chi connectivity index (χ3n) is 7.50. The van der Waals surface area contributed by atoms with Gasteiger partial charge in [-0.3, -0.25) is 4.90 Å². The number of carbonyl (C=O) groups excluding carboxylic acids is 1. The van der Waals surface area contributed by atoms with E-state index in [1.165, 1.54) is 11.1 Å². The van der Waals surface area contributed by atoms with Crippen LogP contribution in [0.5, 0.6) is 0 Å². The van der Waals surface area contributed by atoms with E-state index in [1.54, 1.807) is 0 Å². The number of benzene rings is 2. The summed E-state index contributed by atoms with van der Waals surface area (Å²) in [6, 6.07) is 12.7. The summed E-state index contributed by atoms with van der Waals surface area (Å²) in [6.07, 6.45) is 2.95. The molecule has 4 nitrogen and oxygen atoms in total. The molecule has 5 heteroatoms. The molecule has 3 fully saturated rings. The molecule has 2 aromatic rings. The van der Waals surface area contributed by atoms with E-state index in [1.807, 2.05) is 13.0 Å². The molecule has 2 aromatic carbocycles. The van der Waals surface area contributed by atoms with Crippen molar-refractivity contribution >= 4 is 17.7 Å². The molecular formula is C26H31ClN2O2. The Bertz CT molecular complexity index is 1010. The Morgan fingerprint density at radius 2 is 1.84 bits per heavy atom. The van der Waals surface area contributed by atoms with Gasteiger partial charge in [-0.05, 0) is 84.5 Å². The summed E-state index contributed by atoms with van der Waals surface area (Å²) in [6.45, 7) is 9.62. The fourth-order valence-corrected chi connectivity index (χ4v) is 5.79. The minimum Gasteiger partial charge on any atom is -0.445 e. The standard InChI is InChI=1S/C26H31ClN2O2/c1-16-4-5-19(13-22(16)27)18-6-7-21-20(12-18)14-26(2,3)24(21)28-25(30)31-23-15-29-10-8-17(23)9-11-29/h4-7,12-13,17,23-24H,8-11,14-15H2,1-3H3,(H,28,30)/t23-,24?/m1/s1. The molecule has 4 aliphatic rings. The van der Waals surface area contributed by atoms with Crippen molar-refractivity contribution in [1.29, 1.82) is 0 Å². The quantitative estimate of drug-likeness (QED) is 0.662. The molecule has 0 spiro atoms. The Hall–Kier alpha value is -2.04. The first-order valence-corrected chi connectivity index (χ1v) is 11.8. The topological polar surface area (TPSA) is 41.6 Å². The number of fused-ring (bicyclic) bond motifs is 4. The molecule has 2 atom stereocenters. The summed E-state index contributed by atoms with van der Waals surface area (Å²) < 4.78 is 5.91. The maximum Gasteiger partial charge on any atom is 0.407 e. The lowest BCUT2D eigenvalue weighted by molar-refractivity contribution is -0.0348. The van der Waals surface area contributed by atoms with E-state index in [0.29, 0.717) is 5.92 Å². The highest BCUT2D eigenvalue weighted by Gasteiger charge is 2.42. The fourth-order valence-electron chi connectivity index (χ4n) is 5.61. The number of ether oxygens (including phenoxy) is 1. The van der Waals surface area contributed by atoms with Crippen molar-refractivity contribution in [3.05, 3.63) is 58.1 Å². The van der Waals surface area contributed by atoms with Gasteiger partial charge in [0.1, 0.15) is 6.10 Å². The van der Waals surface area contributed by atoms with Crippen molar-refractivity contribution in [3.63, 3.8) is 0 Å². The van der Waals surface area contributed by atoms with E-state index in [9.17, 15) is 4.79 Å². The van der Waals surface area contributed by atoms with Gasteiger partial charge in [-0.25, -0.2) is 4.79 Å². The van der Waals surface area contributed by atoms with Crippen molar-refractivity contribution in [1.82, 2.24) is 10.2 Å². The van der Waals surface area contributed by atoms with Crippen LogP contribution in [-0.2, 0) is 11.2 Å². The number of halogens is 1. The van der Waals surface area contributed by atoms with Crippen LogP contribution in [-0.4, -0.2) is 36.7 Å². The van der Waals surface area contributed by atoms with Crippen molar-refractivity contribution < 1.29 is 9.53 Å². The van der Waals surface area contributed by atoms with E-state index in [-0.39, 0.29) is 23.7 Å². The molecule has 3 saturated heterocycles. The molecule has 1 amide bonds. The largest absolute Gasteiger partial charge is 0.445 e. The zero-order chi connectivity index (χ0) is 21.8. The maximum absolute atomic E-state index is 12.8. The second-order valence-corrected chi connectivity index (χ2v) is 10.6. The van der Waals surface area contributed by atoms with Crippen molar-refractivity contribution in [2.45, 2.75) is 52.2 Å². The van der Waals surface area contributed by atoms with Gasteiger partial charge in [0.2, 0.25) is 0 Å². The number of nitrogens with one attached hydrogen (secondary N) is 1. The smallest absolute Gasteiger partial charge is 0.407 e. The van der Waals surface area contributed by atoms with Gasteiger partial charge in [-0.2, -0.15) is 0 Å². The fraction of sp³-hybridized carbons (Fsp3) is 0.500. The van der Waals surface area contributed by atoms with Gasteiger partial charge in [-0.15, -0.1) is 0 Å². The minimum atomic E-state index is -0.279. The zero-order valence-electron chi connectivity index (χ0n) is 18.6. The first-order valence-electron chi connectivity index (χ1n) is 11.4. The SMILES string of the molecule is Cc1ccc(-c2ccc3c(c2)CC(C)(C)C3NC(=O)O[C@@H]2CN3CCC2CC3)cc1Cl. The van der Waals surface area contributed by atoms with Crippen LogP contribution >= 0.6 is 11.6 Å². The van der Waals surface area contributed by atoms with Gasteiger partial charge < -0.3 is 10.1 Å². The average molecular weight is 439 g/mol. The molecule has 164 valence electrons. The summed E-state index contributed by atoms with van der Waals surface area (Å²) in [5, 5.41) is 3.99. The third-order valence-corrected chi connectivity index (χ3v) is 7.91. The Morgan fingerprint density at radius 1 is 1.13 bits per heavy atom. The van der Waals surface area contributed by atoms with E-state index in [2.05, 4.69) is 54.4 Å². The number of nitrogens with zero attached hydrogens (tertiary/aromatic N) is 1. The summed E-state index contributed by atoms with van der Waals surface area (Å²) >= 11 is 6.35. The summed E-state index contributed by atoms with van der Waals surface area (Å²) in [4.78, 5) is 15.2. The summed E-state index contributed by atoms with van der Waals surface area (Å²) in [5.74, 6) is 0.517. The van der Waals surface area contributed by atoms with Crippen molar-refractivity contribution in [2.24, 2.45) is 11.3 Å². The number of aryl methyl sites for hydroxylation is 1. The maximum atomic E-state index is 12.8. The van der Waals surface area contributed by atoms with Crippen LogP contribution in [0, 0.1) is 18.3 Å². The van der Waals surface area contributed by atoms with Crippen LogP contribution in [0.25, 0.3) is 11.1 Å². The number of rotatable bonds is 3. The molecule has 1 N–H and O–H groups in total. The van der Waals surface area contributed by atoms with Gasteiger partial charge in [-0.1, -0.05) is 55.8 Å². The lowest BCUT2D eigenvalue weighted by Gasteiger charge is -2.44. The van der Waals surface area contributed by atoms with Gasteiger partial charge in [0.05, 0.1) is 6.04 Å². The molecule has 31 heavy (non-hydrogen) atoms. The van der Waals surface area contributed by atoms with Crippen molar-refractivity contribution in [3.8, 4) is 11.1 Å². The second kappa shape index (κ2) is 7.83. The van der Waals surface area contributed by atoms with Crippen molar-refractivity contribution in [2.75, 3.05) is 19.6 Å². The van der Waals surface area contributed by atoms with Gasteiger partial charge >= 0.3 is 6.09 Å². The molecule has 2 bridgehead atoms. The number of alkyl carbamates (subject to hydrolysis) is 1. The lowest BCUT2D eigenvalue weighted by atomic mass is 9.85. The number of carbonyl (C=O) groups is 1. The normalized spacial score (nSPS) is 28.3. The molecule has 3 aliphatic heterocycles. The van der Waals surface area contributed by atoms with E-state index >= 15 is 0 Å². The highest BCUT2D eigenvalue weighted by Crippen LogP contribution is 2.46. The van der Waals surface area contributed by atoms with E-state index in [0.717, 1.165) is 60.6 Å². The molecule has 1 aliphatic carbocycles. The van der Waals surface area contributed by atoms with Crippen LogP contribution in [0.15, 0.2) is 36.4 Å². The average Bonchev–Trinajstić information content (AvgIpc) is 2.99. The Morgan fingerprint density at radius 3 is 2.52 bits per heavy atom. The number of hydrogen-bond acceptors (Lipinski definition) is 3. The molecule has 0 radical (unpaired) electrons. The molecule has 6 rings (SSSR count). The van der Waals surface area contributed by atoms with Gasteiger partial charge in [0.25, 0.3) is 0 Å². The number of amides is 1. The Kier molecular flexibility index (Phi) is 5.26. The number of piperidine rings is 3. The second-order valence-electron chi connectivity index (χ2n) is 10.2. The summed E-state index contributed by atoms with van der Waals surface area (Å²) in [5.41, 5.74) is 5.77. The van der Waals surface area contributed by atoms with Crippen LogP contribution in [0.3, 0.4) is 0 Å².